The van der Waals surface area contributed by atoms with Crippen molar-refractivity contribution >= 4 is 11.9 Å². The van der Waals surface area contributed by atoms with Gasteiger partial charge in [0.1, 0.15) is 12.2 Å². The molecule has 0 aliphatic heterocycles. The highest BCUT2D eigenvalue weighted by Crippen LogP contribution is 2.05. The first-order valence-electron chi connectivity index (χ1n) is 5.59. The van der Waals surface area contributed by atoms with Gasteiger partial charge >= 0.3 is 5.97 Å². The number of nitrogens with zero attached hydrogens (tertiary/aromatic N) is 1. The fourth-order valence-corrected chi connectivity index (χ4v) is 1.35. The largest absolute Gasteiger partial charge is 0.480 e. The lowest BCUT2D eigenvalue weighted by molar-refractivity contribution is -0.137. The molecule has 1 aromatic heterocycles. The number of carboxylic acids is 1. The maximum atomic E-state index is 11.9. The molecule has 17 heavy (non-hydrogen) atoms. The highest BCUT2D eigenvalue weighted by molar-refractivity contribution is 5.93. The first-order chi connectivity index (χ1) is 7.91. The molecule has 0 aliphatic rings. The summed E-state index contributed by atoms with van der Waals surface area (Å²) in [5.41, 5.74) is 0.375. The van der Waals surface area contributed by atoms with E-state index in [2.05, 4.69) is 5.32 Å². The molecule has 5 heteroatoms. The van der Waals surface area contributed by atoms with Gasteiger partial charge in [0.25, 0.3) is 5.91 Å². The van der Waals surface area contributed by atoms with Crippen LogP contribution in [0.3, 0.4) is 0 Å². The van der Waals surface area contributed by atoms with Crippen LogP contribution >= 0.6 is 0 Å². The number of carbonyl (C=O) groups is 2. The molecule has 1 rings (SSSR count). The number of carbonyl (C=O) groups excluding carboxylic acids is 1. The third-order valence-electron chi connectivity index (χ3n) is 2.73. The van der Waals surface area contributed by atoms with Gasteiger partial charge in [-0.25, -0.2) is 0 Å². The molecule has 0 spiro atoms. The topological polar surface area (TPSA) is 71.3 Å². The second kappa shape index (κ2) is 5.52. The molecule has 0 fully saturated rings. The van der Waals surface area contributed by atoms with E-state index < -0.39 is 5.97 Å². The van der Waals surface area contributed by atoms with Crippen LogP contribution in [-0.2, 0) is 11.3 Å². The molecule has 0 aromatic carbocycles. The fraction of sp³-hybridized carbons (Fsp3) is 0.500. The van der Waals surface area contributed by atoms with Crippen molar-refractivity contribution in [1.82, 2.24) is 9.88 Å². The van der Waals surface area contributed by atoms with E-state index in [0.717, 1.165) is 0 Å². The van der Waals surface area contributed by atoms with E-state index in [9.17, 15) is 9.59 Å². The lowest BCUT2D eigenvalue weighted by atomic mass is 10.1. The highest BCUT2D eigenvalue weighted by atomic mass is 16.4. The minimum atomic E-state index is -0.966. The van der Waals surface area contributed by atoms with E-state index in [4.69, 9.17) is 5.11 Å². The molecule has 1 amide bonds. The molecule has 94 valence electrons. The Labute approximate surface area is 100 Å². The highest BCUT2D eigenvalue weighted by Gasteiger charge is 2.16. The maximum absolute atomic E-state index is 11.9. The van der Waals surface area contributed by atoms with Crippen molar-refractivity contribution in [3.8, 4) is 0 Å². The monoisotopic (exact) mass is 238 g/mol. The molecule has 5 nitrogen and oxygen atoms in total. The Morgan fingerprint density at radius 3 is 2.59 bits per heavy atom. The van der Waals surface area contributed by atoms with Crippen LogP contribution in [0.1, 0.15) is 31.3 Å². The Morgan fingerprint density at radius 2 is 2.06 bits per heavy atom. The first kappa shape index (κ1) is 13.3. The van der Waals surface area contributed by atoms with Crippen LogP contribution in [0.4, 0.5) is 0 Å². The summed E-state index contributed by atoms with van der Waals surface area (Å²) < 4.78 is 1.42. The quantitative estimate of drug-likeness (QED) is 0.813. The minimum Gasteiger partial charge on any atom is -0.480 e. The van der Waals surface area contributed by atoms with E-state index >= 15 is 0 Å². The second-order valence-electron chi connectivity index (χ2n) is 4.42. The zero-order chi connectivity index (χ0) is 13.0. The minimum absolute atomic E-state index is 0.0516. The van der Waals surface area contributed by atoms with Crippen LogP contribution in [0.2, 0.25) is 0 Å². The van der Waals surface area contributed by atoms with Crippen LogP contribution in [0.25, 0.3) is 0 Å². The van der Waals surface area contributed by atoms with E-state index in [1.165, 1.54) is 4.57 Å². The predicted octanol–water partition coefficient (Wildman–Crippen LogP) is 1.35. The molecule has 0 bridgehead atoms. The number of nitrogens with one attached hydrogen (secondary N) is 1. The van der Waals surface area contributed by atoms with Crippen LogP contribution in [0, 0.1) is 5.92 Å². The SMILES string of the molecule is CC(C)C(C)NC(=O)c1cccn1CC(=O)O. The van der Waals surface area contributed by atoms with Crippen molar-refractivity contribution in [2.45, 2.75) is 33.4 Å². The Kier molecular flexibility index (Phi) is 4.31. The van der Waals surface area contributed by atoms with Gasteiger partial charge in [-0.15, -0.1) is 0 Å². The summed E-state index contributed by atoms with van der Waals surface area (Å²) in [6, 6.07) is 3.33. The van der Waals surface area contributed by atoms with Crippen LogP contribution < -0.4 is 5.32 Å². The Hall–Kier alpha value is -1.78. The van der Waals surface area contributed by atoms with Crippen LogP contribution in [-0.4, -0.2) is 27.6 Å². The van der Waals surface area contributed by atoms with Gasteiger partial charge in [-0.1, -0.05) is 13.8 Å². The first-order valence-corrected chi connectivity index (χ1v) is 5.59. The van der Waals surface area contributed by atoms with Gasteiger partial charge < -0.3 is 15.0 Å². The Balaban J connectivity index is 2.75. The Bertz CT molecular complexity index is 410. The number of hydrogen-bond donors (Lipinski definition) is 2. The summed E-state index contributed by atoms with van der Waals surface area (Å²) >= 11 is 0. The molecule has 1 atom stereocenters. The Morgan fingerprint density at radius 1 is 1.41 bits per heavy atom. The maximum Gasteiger partial charge on any atom is 0.323 e. The average Bonchev–Trinajstić information content (AvgIpc) is 2.64. The summed E-state index contributed by atoms with van der Waals surface area (Å²) in [5, 5.41) is 11.6. The van der Waals surface area contributed by atoms with Crippen LogP contribution in [0.5, 0.6) is 0 Å². The van der Waals surface area contributed by atoms with Gasteiger partial charge in [0.2, 0.25) is 0 Å². The van der Waals surface area contributed by atoms with Gasteiger partial charge in [-0.2, -0.15) is 0 Å². The lowest BCUT2D eigenvalue weighted by Crippen LogP contribution is -2.37. The number of rotatable bonds is 5. The zero-order valence-electron chi connectivity index (χ0n) is 10.3. The number of amides is 1. The number of hydrogen-bond acceptors (Lipinski definition) is 2. The normalized spacial score (nSPS) is 12.5. The molecule has 1 unspecified atom stereocenters. The van der Waals surface area contributed by atoms with E-state index in [0.29, 0.717) is 11.6 Å². The van der Waals surface area contributed by atoms with E-state index in [1.807, 2.05) is 20.8 Å². The van der Waals surface area contributed by atoms with Gasteiger partial charge in [0.15, 0.2) is 0 Å². The third kappa shape index (κ3) is 3.62. The molecule has 1 heterocycles. The molecular weight excluding hydrogens is 220 g/mol. The van der Waals surface area contributed by atoms with Gasteiger partial charge in [0, 0.05) is 12.2 Å². The fourth-order valence-electron chi connectivity index (χ4n) is 1.35. The molecule has 0 aliphatic carbocycles. The standard InChI is InChI=1S/C12H18N2O3/c1-8(2)9(3)13-12(17)10-5-4-6-14(10)7-11(15)16/h4-6,8-9H,7H2,1-3H3,(H,13,17)(H,15,16). The van der Waals surface area contributed by atoms with Gasteiger partial charge in [0.05, 0.1) is 0 Å². The predicted molar refractivity (Wildman–Crippen MR) is 63.8 cm³/mol. The summed E-state index contributed by atoms with van der Waals surface area (Å²) in [6.45, 7) is 5.75. The van der Waals surface area contributed by atoms with Crippen molar-refractivity contribution in [2.75, 3.05) is 0 Å². The smallest absolute Gasteiger partial charge is 0.323 e. The van der Waals surface area contributed by atoms with Crippen molar-refractivity contribution < 1.29 is 14.7 Å². The molecule has 0 saturated carbocycles. The average molecular weight is 238 g/mol. The summed E-state index contributed by atoms with van der Waals surface area (Å²) in [4.78, 5) is 22.5. The molecule has 0 saturated heterocycles. The molecule has 1 aromatic rings. The van der Waals surface area contributed by atoms with E-state index in [-0.39, 0.29) is 18.5 Å². The van der Waals surface area contributed by atoms with Crippen molar-refractivity contribution in [3.63, 3.8) is 0 Å². The third-order valence-corrected chi connectivity index (χ3v) is 2.73. The number of aromatic nitrogens is 1. The van der Waals surface area contributed by atoms with Gasteiger partial charge in [-0.3, -0.25) is 9.59 Å². The number of carboxylic acid groups (broad SMARTS) is 1. The summed E-state index contributed by atoms with van der Waals surface area (Å²) in [5.74, 6) is -0.869. The summed E-state index contributed by atoms with van der Waals surface area (Å²) in [7, 11) is 0. The van der Waals surface area contributed by atoms with Crippen molar-refractivity contribution in [2.24, 2.45) is 5.92 Å². The number of aliphatic carboxylic acids is 1. The molecule has 2 N–H and O–H groups in total. The van der Waals surface area contributed by atoms with Crippen molar-refractivity contribution in [1.29, 1.82) is 0 Å². The van der Waals surface area contributed by atoms with Crippen molar-refractivity contribution in [3.05, 3.63) is 24.0 Å². The molecule has 0 radical (unpaired) electrons. The van der Waals surface area contributed by atoms with Crippen LogP contribution in [0.15, 0.2) is 18.3 Å². The second-order valence-corrected chi connectivity index (χ2v) is 4.42. The summed E-state index contributed by atoms with van der Waals surface area (Å²) in [6.07, 6.45) is 1.59. The molecular formula is C12H18N2O3. The zero-order valence-corrected chi connectivity index (χ0v) is 10.3. The van der Waals surface area contributed by atoms with Gasteiger partial charge in [-0.05, 0) is 25.0 Å². The van der Waals surface area contributed by atoms with E-state index in [1.54, 1.807) is 18.3 Å². The lowest BCUT2D eigenvalue weighted by Gasteiger charge is -2.17.